The Balaban J connectivity index is 1.80. The lowest BCUT2D eigenvalue weighted by molar-refractivity contribution is 0.0858. The van der Waals surface area contributed by atoms with Gasteiger partial charge in [-0.1, -0.05) is 19.1 Å². The quantitative estimate of drug-likeness (QED) is 0.866. The molecule has 0 radical (unpaired) electrons. The minimum absolute atomic E-state index is 0.212. The van der Waals surface area contributed by atoms with Gasteiger partial charge < -0.3 is 14.8 Å². The van der Waals surface area contributed by atoms with Crippen LogP contribution < -0.4 is 10.1 Å². The van der Waals surface area contributed by atoms with Crippen molar-refractivity contribution in [3.05, 3.63) is 29.8 Å². The van der Waals surface area contributed by atoms with Crippen molar-refractivity contribution in [1.29, 1.82) is 0 Å². The summed E-state index contributed by atoms with van der Waals surface area (Å²) < 4.78 is 11.9. The van der Waals surface area contributed by atoms with Crippen LogP contribution in [0.15, 0.2) is 24.3 Å². The van der Waals surface area contributed by atoms with Crippen LogP contribution in [0.2, 0.25) is 0 Å². The Hall–Kier alpha value is -1.06. The topological polar surface area (TPSA) is 30.5 Å². The third kappa shape index (κ3) is 3.24. The minimum Gasteiger partial charge on any atom is -0.491 e. The molecule has 2 heterocycles. The highest BCUT2D eigenvalue weighted by atomic mass is 16.5. The van der Waals surface area contributed by atoms with Crippen LogP contribution in [0.5, 0.6) is 5.75 Å². The van der Waals surface area contributed by atoms with Crippen LogP contribution in [-0.4, -0.2) is 24.9 Å². The van der Waals surface area contributed by atoms with Crippen LogP contribution in [0.3, 0.4) is 0 Å². The maximum Gasteiger partial charge on any atom is 0.120 e. The Kier molecular flexibility index (Phi) is 4.51. The summed E-state index contributed by atoms with van der Waals surface area (Å²) in [5, 5.41) is 3.67. The van der Waals surface area contributed by atoms with Crippen LogP contribution in [-0.2, 0) is 4.74 Å². The smallest absolute Gasteiger partial charge is 0.120 e. The first-order valence-corrected chi connectivity index (χ1v) is 8.32. The fraction of sp³-hybridized carbons (Fsp3) is 0.667. The number of ether oxygens (including phenoxy) is 2. The molecule has 3 nitrogen and oxygen atoms in total. The summed E-state index contributed by atoms with van der Waals surface area (Å²) in [6.07, 6.45) is 4.81. The standard InChI is InChI=1S/C18H27NO2/c1-4-19-18(16-11-15-8-9-17(16)21-15)13-6-5-7-14(10-13)20-12(2)3/h5-7,10,12,15-19H,4,8-9,11H2,1-3H3. The zero-order chi connectivity index (χ0) is 14.8. The van der Waals surface area contributed by atoms with E-state index in [9.17, 15) is 0 Å². The van der Waals surface area contributed by atoms with E-state index in [1.54, 1.807) is 0 Å². The molecular formula is C18H27NO2. The summed E-state index contributed by atoms with van der Waals surface area (Å²) in [4.78, 5) is 0. The number of fused-ring (bicyclic) bond motifs is 2. The first-order chi connectivity index (χ1) is 10.2. The maximum atomic E-state index is 6.06. The second-order valence-corrected chi connectivity index (χ2v) is 6.55. The van der Waals surface area contributed by atoms with Gasteiger partial charge in [-0.15, -0.1) is 0 Å². The van der Waals surface area contributed by atoms with Gasteiger partial charge in [-0.2, -0.15) is 0 Å². The van der Waals surface area contributed by atoms with Crippen LogP contribution in [0.1, 0.15) is 51.6 Å². The summed E-state index contributed by atoms with van der Waals surface area (Å²) >= 11 is 0. The highest BCUT2D eigenvalue weighted by Crippen LogP contribution is 2.45. The van der Waals surface area contributed by atoms with E-state index in [0.29, 0.717) is 24.2 Å². The molecule has 21 heavy (non-hydrogen) atoms. The second-order valence-electron chi connectivity index (χ2n) is 6.55. The van der Waals surface area contributed by atoms with E-state index in [1.807, 2.05) is 6.07 Å². The Morgan fingerprint density at radius 3 is 2.81 bits per heavy atom. The van der Waals surface area contributed by atoms with Crippen molar-refractivity contribution in [2.75, 3.05) is 6.54 Å². The Bertz CT molecular complexity index is 474. The number of hydrogen-bond donors (Lipinski definition) is 1. The van der Waals surface area contributed by atoms with Gasteiger partial charge in [0.25, 0.3) is 0 Å². The summed E-state index contributed by atoms with van der Waals surface area (Å²) in [5.74, 6) is 1.56. The molecule has 0 saturated carbocycles. The van der Waals surface area contributed by atoms with E-state index >= 15 is 0 Å². The van der Waals surface area contributed by atoms with Gasteiger partial charge in [0.1, 0.15) is 5.75 Å². The van der Waals surface area contributed by atoms with E-state index in [1.165, 1.54) is 24.8 Å². The Morgan fingerprint density at radius 1 is 1.33 bits per heavy atom. The molecule has 2 aliphatic rings. The van der Waals surface area contributed by atoms with Gasteiger partial charge in [0, 0.05) is 12.0 Å². The Morgan fingerprint density at radius 2 is 2.19 bits per heavy atom. The van der Waals surface area contributed by atoms with Gasteiger partial charge in [-0.25, -0.2) is 0 Å². The lowest BCUT2D eigenvalue weighted by Gasteiger charge is -2.30. The van der Waals surface area contributed by atoms with Crippen LogP contribution in [0.25, 0.3) is 0 Å². The summed E-state index contributed by atoms with van der Waals surface area (Å²) in [6, 6.07) is 8.93. The van der Waals surface area contributed by atoms with E-state index in [0.717, 1.165) is 12.3 Å². The third-order valence-corrected chi connectivity index (χ3v) is 4.59. The van der Waals surface area contributed by atoms with Crippen LogP contribution in [0, 0.1) is 5.92 Å². The zero-order valence-electron chi connectivity index (χ0n) is 13.3. The molecular weight excluding hydrogens is 262 g/mol. The molecule has 3 rings (SSSR count). The largest absolute Gasteiger partial charge is 0.491 e. The molecule has 2 aliphatic heterocycles. The minimum atomic E-state index is 0.212. The molecule has 1 aromatic rings. The highest BCUT2D eigenvalue weighted by Gasteiger charge is 2.44. The van der Waals surface area contributed by atoms with Gasteiger partial charge in [0.2, 0.25) is 0 Å². The molecule has 0 aliphatic carbocycles. The molecule has 4 unspecified atom stereocenters. The number of rotatable bonds is 6. The van der Waals surface area contributed by atoms with Crippen molar-refractivity contribution in [1.82, 2.24) is 5.32 Å². The van der Waals surface area contributed by atoms with Gasteiger partial charge >= 0.3 is 0 Å². The van der Waals surface area contributed by atoms with Gasteiger partial charge in [-0.05, 0) is 57.4 Å². The highest BCUT2D eigenvalue weighted by molar-refractivity contribution is 5.31. The maximum absolute atomic E-state index is 6.06. The molecule has 116 valence electrons. The molecule has 1 aromatic carbocycles. The normalized spacial score (nSPS) is 29.0. The Labute approximate surface area is 128 Å². The van der Waals surface area contributed by atoms with Crippen molar-refractivity contribution < 1.29 is 9.47 Å². The third-order valence-electron chi connectivity index (χ3n) is 4.59. The lowest BCUT2D eigenvalue weighted by atomic mass is 9.81. The first kappa shape index (κ1) is 14.9. The van der Waals surface area contributed by atoms with Gasteiger partial charge in [-0.3, -0.25) is 0 Å². The van der Waals surface area contributed by atoms with E-state index in [4.69, 9.17) is 9.47 Å². The number of benzene rings is 1. The molecule has 1 N–H and O–H groups in total. The fourth-order valence-corrected chi connectivity index (χ4v) is 3.82. The van der Waals surface area contributed by atoms with E-state index < -0.39 is 0 Å². The van der Waals surface area contributed by atoms with Gasteiger partial charge in [0.15, 0.2) is 0 Å². The molecule has 0 amide bonds. The molecule has 2 saturated heterocycles. The molecule has 4 atom stereocenters. The number of hydrogen-bond acceptors (Lipinski definition) is 3. The fourth-order valence-electron chi connectivity index (χ4n) is 3.82. The van der Waals surface area contributed by atoms with Gasteiger partial charge in [0.05, 0.1) is 18.3 Å². The lowest BCUT2D eigenvalue weighted by Crippen LogP contribution is -2.33. The van der Waals surface area contributed by atoms with Crippen molar-refractivity contribution >= 4 is 0 Å². The first-order valence-electron chi connectivity index (χ1n) is 8.32. The summed E-state index contributed by atoms with van der Waals surface area (Å²) in [7, 11) is 0. The van der Waals surface area contributed by atoms with Crippen molar-refractivity contribution in [3.8, 4) is 5.75 Å². The summed E-state index contributed by atoms with van der Waals surface area (Å²) in [5.41, 5.74) is 1.33. The van der Waals surface area contributed by atoms with E-state index in [2.05, 4.69) is 44.3 Å². The second kappa shape index (κ2) is 6.37. The predicted molar refractivity (Wildman–Crippen MR) is 84.6 cm³/mol. The molecule has 2 fully saturated rings. The number of nitrogens with one attached hydrogen (secondary N) is 1. The molecule has 3 heteroatoms. The summed E-state index contributed by atoms with van der Waals surface area (Å²) in [6.45, 7) is 7.29. The zero-order valence-corrected chi connectivity index (χ0v) is 13.3. The van der Waals surface area contributed by atoms with E-state index in [-0.39, 0.29) is 6.10 Å². The molecule has 0 spiro atoms. The molecule has 2 bridgehead atoms. The SMILES string of the molecule is CCNC(c1cccc(OC(C)C)c1)C1CC2CCC1O2. The van der Waals surface area contributed by atoms with Crippen LogP contribution >= 0.6 is 0 Å². The van der Waals surface area contributed by atoms with Crippen molar-refractivity contribution in [2.24, 2.45) is 5.92 Å². The average Bonchev–Trinajstić information content (AvgIpc) is 3.07. The monoisotopic (exact) mass is 289 g/mol. The predicted octanol–water partition coefficient (Wildman–Crippen LogP) is 3.69. The molecule has 0 aromatic heterocycles. The van der Waals surface area contributed by atoms with Crippen molar-refractivity contribution in [3.63, 3.8) is 0 Å². The van der Waals surface area contributed by atoms with Crippen LogP contribution in [0.4, 0.5) is 0 Å². The average molecular weight is 289 g/mol. The van der Waals surface area contributed by atoms with Crippen molar-refractivity contribution in [2.45, 2.75) is 64.4 Å².